The molecule has 0 amide bonds. The summed E-state index contributed by atoms with van der Waals surface area (Å²) in [6.45, 7) is -0.126. The van der Waals surface area contributed by atoms with E-state index in [0.29, 0.717) is 12.8 Å². The second-order valence-electron chi connectivity index (χ2n) is 8.35. The Morgan fingerprint density at radius 2 is 2.06 bits per heavy atom. The fraction of sp³-hybridized carbons (Fsp3) is 0.429. The molecular weight excluding hydrogens is 418 g/mol. The van der Waals surface area contributed by atoms with Crippen LogP contribution in [0.1, 0.15) is 42.5 Å². The minimum atomic E-state index is -4.03. The van der Waals surface area contributed by atoms with Crippen molar-refractivity contribution in [1.29, 1.82) is 0 Å². The van der Waals surface area contributed by atoms with Gasteiger partial charge in [-0.1, -0.05) is 24.3 Å². The van der Waals surface area contributed by atoms with Crippen LogP contribution in [0.15, 0.2) is 42.9 Å². The molecule has 0 bridgehead atoms. The normalized spacial score (nSPS) is 25.7. The molecule has 0 radical (unpaired) electrons. The van der Waals surface area contributed by atoms with Gasteiger partial charge in [-0.2, -0.15) is 8.42 Å². The van der Waals surface area contributed by atoms with Gasteiger partial charge in [0.15, 0.2) is 0 Å². The monoisotopic (exact) mass is 443 g/mol. The van der Waals surface area contributed by atoms with Gasteiger partial charge < -0.3 is 15.0 Å². The highest BCUT2D eigenvalue weighted by Gasteiger charge is 2.35. The predicted molar refractivity (Wildman–Crippen MR) is 115 cm³/mol. The quantitative estimate of drug-likeness (QED) is 0.531. The summed E-state index contributed by atoms with van der Waals surface area (Å²) in [5, 5.41) is 19.8. The maximum absolute atomic E-state index is 11.1. The number of hydrogen-bond donors (Lipinski definition) is 3. The summed E-state index contributed by atoms with van der Waals surface area (Å²) < 4.78 is 28.9. The van der Waals surface area contributed by atoms with Crippen molar-refractivity contribution in [2.24, 2.45) is 11.1 Å². The Hall–Kier alpha value is -2.53. The number of anilines is 1. The first kappa shape index (κ1) is 20.4. The molecule has 4 N–H and O–H groups in total. The third-order valence-electron chi connectivity index (χ3n) is 6.43. The topological polar surface area (TPSA) is 132 Å². The van der Waals surface area contributed by atoms with E-state index in [2.05, 4.69) is 39.6 Å². The number of aliphatic hydroxyl groups is 1. The molecule has 2 aliphatic carbocycles. The third-order valence-corrected chi connectivity index (χ3v) is 6.89. The van der Waals surface area contributed by atoms with Gasteiger partial charge in [-0.15, -0.1) is 0 Å². The molecule has 0 spiro atoms. The molecule has 0 aliphatic heterocycles. The number of nitrogens with two attached hydrogens (primary N) is 1. The molecule has 1 saturated carbocycles. The number of nitrogens with zero attached hydrogens (tertiary/aromatic N) is 3. The van der Waals surface area contributed by atoms with E-state index in [1.165, 1.54) is 11.1 Å². The first-order valence-electron chi connectivity index (χ1n) is 10.4. The molecule has 10 heteroatoms. The smallest absolute Gasteiger partial charge is 0.333 e. The summed E-state index contributed by atoms with van der Waals surface area (Å²) in [5.74, 6) is 0.480. The second-order valence-corrected chi connectivity index (χ2v) is 9.57. The Bertz CT molecular complexity index is 1210. The lowest BCUT2D eigenvalue weighted by atomic mass is 10.1. The van der Waals surface area contributed by atoms with Gasteiger partial charge in [0.25, 0.3) is 0 Å². The van der Waals surface area contributed by atoms with E-state index in [9.17, 15) is 13.5 Å². The number of aliphatic hydroxyl groups excluding tert-OH is 1. The fourth-order valence-electron chi connectivity index (χ4n) is 4.92. The maximum Gasteiger partial charge on any atom is 0.333 e. The van der Waals surface area contributed by atoms with Crippen LogP contribution in [0.25, 0.3) is 11.0 Å². The van der Waals surface area contributed by atoms with Gasteiger partial charge in [-0.25, -0.2) is 15.1 Å². The average molecular weight is 444 g/mol. The molecule has 1 aromatic carbocycles. The largest absolute Gasteiger partial charge is 0.393 e. The summed E-state index contributed by atoms with van der Waals surface area (Å²) in [6, 6.07) is 10.6. The molecule has 4 atom stereocenters. The van der Waals surface area contributed by atoms with E-state index in [0.717, 1.165) is 29.7 Å². The lowest BCUT2D eigenvalue weighted by Crippen LogP contribution is -2.24. The number of aryl methyl sites for hydroxylation is 1. The molecule has 0 saturated heterocycles. The highest BCUT2D eigenvalue weighted by Crippen LogP contribution is 2.39. The first-order chi connectivity index (χ1) is 14.9. The van der Waals surface area contributed by atoms with Crippen molar-refractivity contribution in [1.82, 2.24) is 14.5 Å². The molecule has 31 heavy (non-hydrogen) atoms. The minimum absolute atomic E-state index is 0.0171. The fourth-order valence-corrected chi connectivity index (χ4v) is 5.28. The highest BCUT2D eigenvalue weighted by molar-refractivity contribution is 7.84. The van der Waals surface area contributed by atoms with Crippen molar-refractivity contribution in [3.05, 3.63) is 54.0 Å². The van der Waals surface area contributed by atoms with Crippen molar-refractivity contribution >= 4 is 27.2 Å². The zero-order chi connectivity index (χ0) is 21.6. The Labute approximate surface area is 180 Å². The van der Waals surface area contributed by atoms with Crippen molar-refractivity contribution in [3.63, 3.8) is 0 Å². The molecule has 164 valence electrons. The zero-order valence-electron chi connectivity index (χ0n) is 16.9. The number of nitrogens with one attached hydrogen (secondary N) is 1. The van der Waals surface area contributed by atoms with E-state index in [1.807, 2.05) is 16.8 Å². The lowest BCUT2D eigenvalue weighted by Gasteiger charge is -2.16. The molecule has 5 rings (SSSR count). The number of benzene rings is 1. The molecule has 2 heterocycles. The van der Waals surface area contributed by atoms with Crippen LogP contribution in [-0.2, 0) is 20.9 Å². The van der Waals surface area contributed by atoms with Crippen molar-refractivity contribution < 1.29 is 17.7 Å². The van der Waals surface area contributed by atoms with E-state index < -0.39 is 16.4 Å². The van der Waals surface area contributed by atoms with Gasteiger partial charge in [-0.05, 0) is 42.9 Å². The van der Waals surface area contributed by atoms with Crippen LogP contribution < -0.4 is 10.5 Å². The van der Waals surface area contributed by atoms with Crippen LogP contribution in [0.2, 0.25) is 0 Å². The molecular formula is C21H25N5O4S. The molecule has 2 aromatic heterocycles. The molecule has 3 aromatic rings. The summed E-state index contributed by atoms with van der Waals surface area (Å²) in [5.41, 5.74) is 3.47. The number of aromatic nitrogens is 3. The maximum atomic E-state index is 11.1. The molecule has 1 fully saturated rings. The van der Waals surface area contributed by atoms with Crippen LogP contribution >= 0.6 is 0 Å². The van der Waals surface area contributed by atoms with Gasteiger partial charge in [0, 0.05) is 18.2 Å². The Morgan fingerprint density at radius 3 is 2.90 bits per heavy atom. The van der Waals surface area contributed by atoms with Crippen LogP contribution in [0.4, 0.5) is 5.82 Å². The summed E-state index contributed by atoms with van der Waals surface area (Å²) in [6.07, 6.45) is 5.96. The van der Waals surface area contributed by atoms with Gasteiger partial charge >= 0.3 is 10.3 Å². The third kappa shape index (κ3) is 4.03. The van der Waals surface area contributed by atoms with Gasteiger partial charge in [0.1, 0.15) is 17.8 Å². The molecule has 2 aliphatic rings. The van der Waals surface area contributed by atoms with E-state index >= 15 is 0 Å². The number of fused-ring (bicyclic) bond motifs is 2. The van der Waals surface area contributed by atoms with E-state index in [-0.39, 0.29) is 24.6 Å². The van der Waals surface area contributed by atoms with Crippen molar-refractivity contribution in [2.45, 2.75) is 43.9 Å². The Morgan fingerprint density at radius 1 is 1.23 bits per heavy atom. The predicted octanol–water partition coefficient (Wildman–Crippen LogP) is 2.06. The van der Waals surface area contributed by atoms with E-state index in [4.69, 9.17) is 9.32 Å². The highest BCUT2D eigenvalue weighted by atomic mass is 32.2. The van der Waals surface area contributed by atoms with Crippen molar-refractivity contribution in [3.8, 4) is 0 Å². The van der Waals surface area contributed by atoms with Gasteiger partial charge in [0.2, 0.25) is 0 Å². The van der Waals surface area contributed by atoms with Gasteiger partial charge in [-0.3, -0.25) is 4.18 Å². The second kappa shape index (κ2) is 7.86. The van der Waals surface area contributed by atoms with Gasteiger partial charge in [0.05, 0.1) is 24.1 Å². The molecule has 0 unspecified atom stereocenters. The minimum Gasteiger partial charge on any atom is -0.393 e. The lowest BCUT2D eigenvalue weighted by molar-refractivity contribution is 0.100. The Balaban J connectivity index is 1.37. The summed E-state index contributed by atoms with van der Waals surface area (Å²) in [7, 11) is -4.03. The molecule has 9 nitrogen and oxygen atoms in total. The summed E-state index contributed by atoms with van der Waals surface area (Å²) in [4.78, 5) is 8.97. The van der Waals surface area contributed by atoms with Crippen LogP contribution in [0, 0.1) is 5.92 Å². The number of hydrogen-bond acceptors (Lipinski definition) is 7. The SMILES string of the molecule is NS(=O)(=O)OC[C@@H]1C[C@H](n2ccc3c(N[C@@H]4CCc5ccccc54)ncnc32)C[C@@H]1O. The first-order valence-corrected chi connectivity index (χ1v) is 11.9. The van der Waals surface area contributed by atoms with Crippen LogP contribution in [-0.4, -0.2) is 40.8 Å². The van der Waals surface area contributed by atoms with Crippen LogP contribution in [0.5, 0.6) is 0 Å². The Kier molecular flexibility index (Phi) is 5.17. The van der Waals surface area contributed by atoms with Crippen LogP contribution in [0.3, 0.4) is 0 Å². The number of rotatable bonds is 6. The zero-order valence-corrected chi connectivity index (χ0v) is 17.7. The summed E-state index contributed by atoms with van der Waals surface area (Å²) >= 11 is 0. The standard InChI is InChI=1S/C21H25N5O4S/c22-31(28,29)30-11-14-9-15(10-19(14)27)26-8-7-17-20(23-12-24-21(17)26)25-18-6-5-13-3-1-2-4-16(13)18/h1-4,7-8,12,14-15,18-19,27H,5-6,9-11H2,(H2,22,28,29)(H,23,24,25)/t14-,15-,18+,19-/m0/s1. The van der Waals surface area contributed by atoms with E-state index in [1.54, 1.807) is 6.33 Å². The van der Waals surface area contributed by atoms with Crippen molar-refractivity contribution in [2.75, 3.05) is 11.9 Å². The average Bonchev–Trinajstić information content (AvgIpc) is 3.43.